The molecule has 0 aliphatic carbocycles. The molecule has 1 aromatic rings. The monoisotopic (exact) mass is 498 g/mol. The maximum absolute atomic E-state index is 5.45. The van der Waals surface area contributed by atoms with Crippen LogP contribution in [-0.2, 0) is 42.6 Å². The quantitative estimate of drug-likeness (QED) is 0.134. The lowest BCUT2D eigenvalue weighted by Crippen LogP contribution is -2.15. The molecular weight excluding hydrogens is 456 g/mol. The average Bonchev–Trinajstić information content (AvgIpc) is 2.89. The van der Waals surface area contributed by atoms with E-state index in [1.165, 1.54) is 6.26 Å². The molecule has 0 radical (unpaired) electrons. The summed E-state index contributed by atoms with van der Waals surface area (Å²) in [7, 11) is 0. The highest BCUT2D eigenvalue weighted by Gasteiger charge is 1.95. The molecule has 0 saturated carbocycles. The second-order valence-electron chi connectivity index (χ2n) is 6.91. The van der Waals surface area contributed by atoms with Crippen molar-refractivity contribution in [1.29, 1.82) is 0 Å². The van der Waals surface area contributed by atoms with Crippen LogP contribution in [0.3, 0.4) is 0 Å². The topological polar surface area (TPSA) is 83.1 Å². The largest absolute Gasteiger partial charge is 0.499 e. The van der Waals surface area contributed by atoms with Crippen molar-refractivity contribution in [2.45, 2.75) is 0 Å². The van der Waals surface area contributed by atoms with Crippen molar-refractivity contribution in [1.82, 2.24) is 0 Å². The highest BCUT2D eigenvalue weighted by molar-refractivity contribution is 5.47. The predicted molar refractivity (Wildman–Crippen MR) is 133 cm³/mol. The molecule has 1 rings (SSSR count). The van der Waals surface area contributed by atoms with Crippen LogP contribution >= 0.6 is 0 Å². The number of benzene rings is 1. The first kappa shape index (κ1) is 31.1. The van der Waals surface area contributed by atoms with E-state index in [4.69, 9.17) is 42.6 Å². The van der Waals surface area contributed by atoms with Gasteiger partial charge in [-0.05, 0) is 11.6 Å². The molecule has 9 nitrogen and oxygen atoms in total. The van der Waals surface area contributed by atoms with Crippen molar-refractivity contribution >= 4 is 6.08 Å². The SMILES string of the molecule is C=COCCOCCOCCOCCOCCOCCOCCOCCOC=Cc1ccccc1. The zero-order valence-corrected chi connectivity index (χ0v) is 20.8. The molecule has 35 heavy (non-hydrogen) atoms. The van der Waals surface area contributed by atoms with Gasteiger partial charge in [0.1, 0.15) is 13.2 Å². The Morgan fingerprint density at radius 1 is 0.457 bits per heavy atom. The summed E-state index contributed by atoms with van der Waals surface area (Å²) in [6, 6.07) is 9.99. The lowest BCUT2D eigenvalue weighted by atomic mass is 10.2. The summed E-state index contributed by atoms with van der Waals surface area (Å²) in [5.41, 5.74) is 1.10. The molecule has 0 bridgehead atoms. The van der Waals surface area contributed by atoms with Gasteiger partial charge in [-0.1, -0.05) is 36.9 Å². The average molecular weight is 499 g/mol. The number of ether oxygens (including phenoxy) is 9. The molecule has 0 unspecified atom stereocenters. The number of hydrogen-bond donors (Lipinski definition) is 0. The van der Waals surface area contributed by atoms with Crippen LogP contribution in [0.1, 0.15) is 5.56 Å². The Bertz CT molecular complexity index is 583. The van der Waals surface area contributed by atoms with Crippen molar-refractivity contribution < 1.29 is 42.6 Å². The minimum atomic E-state index is 0.506. The summed E-state index contributed by atoms with van der Waals surface area (Å²) in [6.45, 7) is 11.8. The first-order valence-electron chi connectivity index (χ1n) is 12.0. The molecular formula is C26H42O9. The lowest BCUT2D eigenvalue weighted by Gasteiger charge is -2.08. The van der Waals surface area contributed by atoms with E-state index in [1.807, 2.05) is 36.4 Å². The summed E-state index contributed by atoms with van der Waals surface area (Å²) < 4.78 is 48.2. The van der Waals surface area contributed by atoms with Gasteiger partial charge in [-0.15, -0.1) is 0 Å². The van der Waals surface area contributed by atoms with E-state index in [-0.39, 0.29) is 0 Å². The molecule has 0 aliphatic heterocycles. The molecule has 0 saturated heterocycles. The van der Waals surface area contributed by atoms with E-state index >= 15 is 0 Å². The van der Waals surface area contributed by atoms with Crippen LogP contribution in [0.5, 0.6) is 0 Å². The zero-order chi connectivity index (χ0) is 24.9. The fourth-order valence-electron chi connectivity index (χ4n) is 2.48. The van der Waals surface area contributed by atoms with E-state index in [1.54, 1.807) is 6.26 Å². The Labute approximate surface area is 209 Å². The Kier molecular flexibility index (Phi) is 23.6. The molecule has 0 aliphatic rings. The third-order valence-electron chi connectivity index (χ3n) is 4.20. The molecule has 0 N–H and O–H groups in total. The lowest BCUT2D eigenvalue weighted by molar-refractivity contribution is -0.0226. The number of rotatable bonds is 27. The van der Waals surface area contributed by atoms with Gasteiger partial charge in [-0.25, -0.2) is 0 Å². The summed E-state index contributed by atoms with van der Waals surface area (Å²) in [5.74, 6) is 0. The molecule has 0 spiro atoms. The molecule has 200 valence electrons. The van der Waals surface area contributed by atoms with Crippen LogP contribution in [0.2, 0.25) is 0 Å². The third kappa shape index (κ3) is 23.5. The van der Waals surface area contributed by atoms with E-state index in [2.05, 4.69) is 6.58 Å². The summed E-state index contributed by atoms with van der Waals surface area (Å²) in [6.07, 6.45) is 5.00. The van der Waals surface area contributed by atoms with Crippen molar-refractivity contribution in [2.24, 2.45) is 0 Å². The van der Waals surface area contributed by atoms with Gasteiger partial charge in [-0.3, -0.25) is 0 Å². The van der Waals surface area contributed by atoms with Crippen molar-refractivity contribution in [3.05, 3.63) is 55.0 Å². The number of hydrogen-bond acceptors (Lipinski definition) is 9. The summed E-state index contributed by atoms with van der Waals surface area (Å²) in [4.78, 5) is 0. The Hall–Kier alpha value is -1.98. The molecule has 0 aromatic heterocycles. The first-order valence-corrected chi connectivity index (χ1v) is 12.0. The Morgan fingerprint density at radius 2 is 0.800 bits per heavy atom. The van der Waals surface area contributed by atoms with Crippen LogP contribution in [0.4, 0.5) is 0 Å². The molecule has 1 aromatic carbocycles. The van der Waals surface area contributed by atoms with Crippen molar-refractivity contribution in [3.8, 4) is 0 Å². The molecule has 0 atom stereocenters. The van der Waals surface area contributed by atoms with Gasteiger partial charge in [-0.2, -0.15) is 0 Å². The van der Waals surface area contributed by atoms with Crippen LogP contribution in [0.15, 0.2) is 49.4 Å². The fraction of sp³-hybridized carbons (Fsp3) is 0.615. The Morgan fingerprint density at radius 3 is 1.17 bits per heavy atom. The van der Waals surface area contributed by atoms with Gasteiger partial charge >= 0.3 is 0 Å². The highest BCUT2D eigenvalue weighted by atomic mass is 16.6. The van der Waals surface area contributed by atoms with Gasteiger partial charge in [0.25, 0.3) is 0 Å². The maximum atomic E-state index is 5.45. The van der Waals surface area contributed by atoms with Crippen molar-refractivity contribution in [2.75, 3.05) is 106 Å². The van der Waals surface area contributed by atoms with Crippen molar-refractivity contribution in [3.63, 3.8) is 0 Å². The molecule has 9 heteroatoms. The highest BCUT2D eigenvalue weighted by Crippen LogP contribution is 2.00. The first-order chi connectivity index (χ1) is 17.4. The summed E-state index contributed by atoms with van der Waals surface area (Å²) >= 11 is 0. The van der Waals surface area contributed by atoms with Crippen LogP contribution in [-0.4, -0.2) is 106 Å². The molecule has 0 fully saturated rings. The van der Waals surface area contributed by atoms with Crippen LogP contribution in [0, 0.1) is 0 Å². The van der Waals surface area contributed by atoms with Gasteiger partial charge in [0.2, 0.25) is 0 Å². The van der Waals surface area contributed by atoms with E-state index in [9.17, 15) is 0 Å². The summed E-state index contributed by atoms with van der Waals surface area (Å²) in [5, 5.41) is 0. The minimum absolute atomic E-state index is 0.506. The normalized spacial score (nSPS) is 11.2. The van der Waals surface area contributed by atoms with E-state index < -0.39 is 0 Å². The van der Waals surface area contributed by atoms with Gasteiger partial charge < -0.3 is 42.6 Å². The van der Waals surface area contributed by atoms with Gasteiger partial charge in [0.15, 0.2) is 0 Å². The minimum Gasteiger partial charge on any atom is -0.499 e. The van der Waals surface area contributed by atoms with E-state index in [0.717, 1.165) is 5.56 Å². The second-order valence-corrected chi connectivity index (χ2v) is 6.91. The molecule has 0 amide bonds. The van der Waals surface area contributed by atoms with E-state index in [0.29, 0.717) is 106 Å². The third-order valence-corrected chi connectivity index (χ3v) is 4.20. The standard InChI is InChI=1S/C26H42O9/c1-2-27-10-11-29-14-15-31-18-19-33-22-23-35-25-24-34-21-20-32-17-16-30-13-12-28-9-8-26-6-4-3-5-7-26/h2-9H,1,10-25H2. The second kappa shape index (κ2) is 26.6. The smallest absolute Gasteiger partial charge is 0.111 e. The fourth-order valence-corrected chi connectivity index (χ4v) is 2.48. The predicted octanol–water partition coefficient (Wildman–Crippen LogP) is 2.95. The van der Waals surface area contributed by atoms with Gasteiger partial charge in [0.05, 0.1) is 105 Å². The molecule has 0 heterocycles. The Balaban J connectivity index is 1.66. The van der Waals surface area contributed by atoms with Gasteiger partial charge in [0, 0.05) is 0 Å². The van der Waals surface area contributed by atoms with Crippen LogP contribution in [0.25, 0.3) is 6.08 Å². The van der Waals surface area contributed by atoms with Crippen LogP contribution < -0.4 is 0 Å². The zero-order valence-electron chi connectivity index (χ0n) is 20.8. The maximum Gasteiger partial charge on any atom is 0.111 e.